The third-order valence-corrected chi connectivity index (χ3v) is 1.55. The Labute approximate surface area is 113 Å². The predicted molar refractivity (Wildman–Crippen MR) is 72.5 cm³/mol. The molecule has 6 heteroatoms. The van der Waals surface area contributed by atoms with Gasteiger partial charge >= 0.3 is 49.4 Å². The van der Waals surface area contributed by atoms with Crippen molar-refractivity contribution in [3.8, 4) is 5.75 Å². The molecule has 3 nitrogen and oxygen atoms in total. The van der Waals surface area contributed by atoms with Crippen molar-refractivity contribution >= 4 is 40.0 Å². The fraction of sp³-hybridized carbons (Fsp3) is 0.250. The Bertz CT molecular complexity index is 328. The van der Waals surface area contributed by atoms with Gasteiger partial charge in [0.15, 0.2) is 5.75 Å². The Morgan fingerprint density at radius 3 is 2.29 bits per heavy atom. The summed E-state index contributed by atoms with van der Waals surface area (Å²) in [6.45, 7) is 1.69. The monoisotopic (exact) mass is 459 g/mol. The van der Waals surface area contributed by atoms with E-state index in [1.165, 1.54) is 6.07 Å². The van der Waals surface area contributed by atoms with Crippen LogP contribution in [0, 0.1) is 14.4 Å². The van der Waals surface area contributed by atoms with Crippen molar-refractivity contribution in [1.82, 2.24) is 4.57 Å². The zero-order valence-electron chi connectivity index (χ0n) is 8.16. The van der Waals surface area contributed by atoms with Gasteiger partial charge < -0.3 is 17.1 Å². The van der Waals surface area contributed by atoms with Gasteiger partial charge in [0.1, 0.15) is 0 Å². The summed E-state index contributed by atoms with van der Waals surface area (Å²) in [5.41, 5.74) is 0.267. The van der Waals surface area contributed by atoms with Gasteiger partial charge in [0, 0.05) is 19.3 Å². The standard InChI is InChI=1S/C7H9NO2.CH3.2HI.V/c1-5-7(10)6(9)3-4-8(5)2;;;;/h3-4,10H,1-2H3;1H3;2*1H;/q;-1;;;+2/p-2. The molecule has 0 unspecified atom stereocenters. The first-order valence-corrected chi connectivity index (χ1v) is 12.3. The molecule has 0 aliphatic heterocycles. The number of aromatic nitrogens is 1. The van der Waals surface area contributed by atoms with Crippen LogP contribution in [0.2, 0.25) is 0 Å². The molecule has 0 saturated heterocycles. The van der Waals surface area contributed by atoms with Gasteiger partial charge in [-0.3, -0.25) is 4.79 Å². The van der Waals surface area contributed by atoms with Gasteiger partial charge in [-0.25, -0.2) is 0 Å². The Morgan fingerprint density at radius 2 is 1.93 bits per heavy atom. The molecule has 81 valence electrons. The normalized spacial score (nSPS) is 8.00. The topological polar surface area (TPSA) is 42.2 Å². The van der Waals surface area contributed by atoms with Crippen LogP contribution < -0.4 is 5.43 Å². The number of aryl methyl sites for hydroxylation is 1. The summed E-state index contributed by atoms with van der Waals surface area (Å²) in [6, 6.07) is 1.34. The SMILES string of the molecule is Cc1c(O)c(=O)ccn1C.[CH3-].[I][V][I]. The maximum absolute atomic E-state index is 10.7. The summed E-state index contributed by atoms with van der Waals surface area (Å²) in [5, 5.41) is 9.05. The molecule has 0 saturated carbocycles. The molecule has 14 heavy (non-hydrogen) atoms. The minimum atomic E-state index is -0.324. The van der Waals surface area contributed by atoms with E-state index in [2.05, 4.69) is 40.0 Å². The summed E-state index contributed by atoms with van der Waals surface area (Å²) in [6.07, 6.45) is 1.62. The van der Waals surface area contributed by atoms with Crippen LogP contribution in [0.25, 0.3) is 0 Å². The Hall–Kier alpha value is 0.794. The number of hydrogen-bond acceptors (Lipinski definition) is 2. The Balaban J connectivity index is 0. The van der Waals surface area contributed by atoms with Crippen LogP contribution in [0.1, 0.15) is 5.69 Å². The first-order valence-electron chi connectivity index (χ1n) is 3.32. The first-order chi connectivity index (χ1) is 6.04. The van der Waals surface area contributed by atoms with Gasteiger partial charge in [-0.2, -0.15) is 0 Å². The van der Waals surface area contributed by atoms with Gasteiger partial charge in [0.05, 0.1) is 5.69 Å². The van der Waals surface area contributed by atoms with E-state index in [4.69, 9.17) is 5.11 Å². The molecule has 1 rings (SSSR count). The van der Waals surface area contributed by atoms with Gasteiger partial charge in [-0.05, 0) is 6.92 Å². The zero-order chi connectivity index (χ0) is 10.4. The molecule has 0 bridgehead atoms. The van der Waals surface area contributed by atoms with E-state index in [1.807, 2.05) is 0 Å². The van der Waals surface area contributed by atoms with Crippen LogP contribution in [0.15, 0.2) is 17.1 Å². The molecule has 0 aliphatic rings. The van der Waals surface area contributed by atoms with E-state index >= 15 is 0 Å². The molecule has 1 aromatic rings. The molecular formula is C8H12I2NO2V-. The Morgan fingerprint density at radius 1 is 1.50 bits per heavy atom. The molecule has 0 spiro atoms. The van der Waals surface area contributed by atoms with E-state index in [0.717, 1.165) is 0 Å². The van der Waals surface area contributed by atoms with Crippen LogP contribution >= 0.6 is 40.0 Å². The van der Waals surface area contributed by atoms with Crippen molar-refractivity contribution in [3.63, 3.8) is 0 Å². The molecule has 1 aromatic heterocycles. The molecule has 0 aliphatic carbocycles. The maximum atomic E-state index is 10.7. The predicted octanol–water partition coefficient (Wildman–Crippen LogP) is 2.62. The van der Waals surface area contributed by atoms with Gasteiger partial charge in [-0.1, -0.05) is 0 Å². The molecule has 1 heterocycles. The molecule has 0 amide bonds. The quantitative estimate of drug-likeness (QED) is 0.480. The van der Waals surface area contributed by atoms with Crippen LogP contribution in [-0.2, 0) is 16.5 Å². The molecule has 1 N–H and O–H groups in total. The fourth-order valence-corrected chi connectivity index (χ4v) is 0.716. The van der Waals surface area contributed by atoms with Crippen molar-refractivity contribution in [2.45, 2.75) is 6.92 Å². The molecule has 0 atom stereocenters. The second kappa shape index (κ2) is 9.05. The first kappa shape index (κ1) is 17.2. The van der Waals surface area contributed by atoms with Crippen molar-refractivity contribution in [2.75, 3.05) is 0 Å². The van der Waals surface area contributed by atoms with Crippen molar-refractivity contribution in [3.05, 3.63) is 35.6 Å². The van der Waals surface area contributed by atoms with Crippen LogP contribution in [0.5, 0.6) is 5.75 Å². The van der Waals surface area contributed by atoms with Crippen LogP contribution in [-0.4, -0.2) is 9.67 Å². The summed E-state index contributed by atoms with van der Waals surface area (Å²) in [5.74, 6) is -0.162. The summed E-state index contributed by atoms with van der Waals surface area (Å²) in [4.78, 5) is 10.7. The molecule has 0 radical (unpaired) electrons. The number of halogens is 2. The summed E-state index contributed by atoms with van der Waals surface area (Å²) in [7, 11) is 2.40. The van der Waals surface area contributed by atoms with E-state index in [9.17, 15) is 4.79 Å². The van der Waals surface area contributed by atoms with Crippen LogP contribution in [0.4, 0.5) is 0 Å². The molecule has 0 aromatic carbocycles. The molecular weight excluding hydrogens is 447 g/mol. The Kier molecular flexibility index (Phi) is 11.1. The summed E-state index contributed by atoms with van der Waals surface area (Å²) >= 11 is 4.74. The van der Waals surface area contributed by atoms with Gasteiger partial charge in [-0.15, -0.1) is 0 Å². The van der Waals surface area contributed by atoms with E-state index in [1.54, 1.807) is 24.7 Å². The van der Waals surface area contributed by atoms with Crippen molar-refractivity contribution in [2.24, 2.45) is 7.05 Å². The third kappa shape index (κ3) is 5.62. The second-order valence-corrected chi connectivity index (χ2v) is 14.1. The number of pyridine rings is 1. The van der Waals surface area contributed by atoms with Gasteiger partial charge in [0.2, 0.25) is 5.43 Å². The zero-order valence-corrected chi connectivity index (χ0v) is 13.9. The van der Waals surface area contributed by atoms with Crippen molar-refractivity contribution < 1.29 is 14.6 Å². The number of hydrogen-bond donors (Lipinski definition) is 1. The summed E-state index contributed by atoms with van der Waals surface area (Å²) < 4.78 is 1.69. The van der Waals surface area contributed by atoms with Gasteiger partial charge in [0.25, 0.3) is 0 Å². The van der Waals surface area contributed by atoms with Crippen molar-refractivity contribution in [1.29, 1.82) is 0 Å². The van der Waals surface area contributed by atoms with E-state index < -0.39 is 0 Å². The number of nitrogens with zero attached hydrogens (tertiary/aromatic N) is 1. The average Bonchev–Trinajstić information content (AvgIpc) is 2.10. The number of aromatic hydroxyl groups is 1. The number of rotatable bonds is 0. The van der Waals surface area contributed by atoms with Crippen LogP contribution in [0.3, 0.4) is 0 Å². The minimum absolute atomic E-state index is 0. The fourth-order valence-electron chi connectivity index (χ4n) is 0.716. The third-order valence-electron chi connectivity index (χ3n) is 1.55. The average molecular weight is 459 g/mol. The van der Waals surface area contributed by atoms with E-state index in [0.29, 0.717) is 15.2 Å². The second-order valence-electron chi connectivity index (χ2n) is 2.29. The molecule has 0 fully saturated rings. The van der Waals surface area contributed by atoms with E-state index in [-0.39, 0.29) is 18.6 Å².